The van der Waals surface area contributed by atoms with Crippen molar-refractivity contribution in [2.75, 3.05) is 13.7 Å². The van der Waals surface area contributed by atoms with E-state index in [1.165, 1.54) is 24.8 Å². The monoisotopic (exact) mass is 338 g/mol. The summed E-state index contributed by atoms with van der Waals surface area (Å²) in [6, 6.07) is 0. The molecule has 3 rings (SSSR count). The lowest BCUT2D eigenvalue weighted by Crippen LogP contribution is -2.35. The molecule has 2 aliphatic carbocycles. The Bertz CT molecular complexity index is 486. The highest BCUT2D eigenvalue weighted by molar-refractivity contribution is 6.70. The van der Waals surface area contributed by atoms with E-state index in [1.54, 1.807) is 7.11 Å². The minimum absolute atomic E-state index is 0.0173. The molecule has 2 fully saturated rings. The first-order chi connectivity index (χ1) is 10.9. The molecule has 0 radical (unpaired) electrons. The molecule has 1 heterocycles. The van der Waals surface area contributed by atoms with Gasteiger partial charge in [-0.1, -0.05) is 6.42 Å². The molecule has 0 amide bonds. The van der Waals surface area contributed by atoms with Gasteiger partial charge in [0.2, 0.25) is 8.32 Å². The Hall–Kier alpha value is -0.623. The van der Waals surface area contributed by atoms with Gasteiger partial charge < -0.3 is 18.6 Å². The van der Waals surface area contributed by atoms with Gasteiger partial charge in [-0.15, -0.1) is 0 Å². The first-order valence-corrected chi connectivity index (χ1v) is 12.3. The van der Waals surface area contributed by atoms with E-state index in [2.05, 4.69) is 31.8 Å². The van der Waals surface area contributed by atoms with Gasteiger partial charge in [-0.2, -0.15) is 0 Å². The number of rotatable bonds is 5. The van der Waals surface area contributed by atoms with Crippen LogP contribution in [-0.4, -0.2) is 40.0 Å². The van der Waals surface area contributed by atoms with Crippen molar-refractivity contribution in [2.45, 2.75) is 76.2 Å². The highest BCUT2D eigenvalue weighted by Crippen LogP contribution is 2.45. The number of fused-ring (bicyclic) bond motifs is 1. The van der Waals surface area contributed by atoms with E-state index >= 15 is 0 Å². The van der Waals surface area contributed by atoms with Crippen LogP contribution in [0.2, 0.25) is 19.6 Å². The molecule has 0 aromatic heterocycles. The van der Waals surface area contributed by atoms with Crippen molar-refractivity contribution >= 4 is 8.32 Å². The molecule has 1 spiro atoms. The van der Waals surface area contributed by atoms with E-state index < -0.39 is 8.32 Å². The van der Waals surface area contributed by atoms with E-state index in [9.17, 15) is 0 Å². The topological polar surface area (TPSA) is 36.9 Å². The molecular weight excluding hydrogens is 308 g/mol. The predicted octanol–water partition coefficient (Wildman–Crippen LogP) is 4.14. The zero-order chi connectivity index (χ0) is 16.5. The molecule has 0 unspecified atom stereocenters. The summed E-state index contributed by atoms with van der Waals surface area (Å²) in [5.41, 5.74) is 1.23. The summed E-state index contributed by atoms with van der Waals surface area (Å²) >= 11 is 0. The molecule has 1 saturated heterocycles. The van der Waals surface area contributed by atoms with E-state index in [0.29, 0.717) is 6.61 Å². The number of hydrogen-bond acceptors (Lipinski definition) is 4. The minimum atomic E-state index is -1.69. The van der Waals surface area contributed by atoms with E-state index in [-0.39, 0.29) is 18.0 Å². The Morgan fingerprint density at radius 2 is 1.91 bits per heavy atom. The highest BCUT2D eigenvalue weighted by Gasteiger charge is 2.50. The number of hydrogen-bond donors (Lipinski definition) is 0. The maximum Gasteiger partial charge on any atom is 0.241 e. The molecular formula is C18H30O4Si. The average molecular weight is 339 g/mol. The van der Waals surface area contributed by atoms with Crippen LogP contribution < -0.4 is 0 Å². The summed E-state index contributed by atoms with van der Waals surface area (Å²) in [6.07, 6.45) is 10.8. The Morgan fingerprint density at radius 1 is 1.17 bits per heavy atom. The second-order valence-electron chi connectivity index (χ2n) is 7.84. The van der Waals surface area contributed by atoms with Crippen LogP contribution in [0.1, 0.15) is 38.5 Å². The summed E-state index contributed by atoms with van der Waals surface area (Å²) in [5, 5.41) is 0. The van der Waals surface area contributed by atoms with Gasteiger partial charge in [0.1, 0.15) is 18.0 Å². The molecule has 1 saturated carbocycles. The summed E-state index contributed by atoms with van der Waals surface area (Å²) in [7, 11) is 0.0490. The zero-order valence-corrected chi connectivity index (χ0v) is 15.9. The molecule has 3 aliphatic rings. The Kier molecular flexibility index (Phi) is 5.02. The molecule has 2 atom stereocenters. The van der Waals surface area contributed by atoms with Crippen LogP contribution in [0.5, 0.6) is 0 Å². The molecule has 0 N–H and O–H groups in total. The molecule has 5 heteroatoms. The van der Waals surface area contributed by atoms with Crippen LogP contribution in [0.4, 0.5) is 0 Å². The molecule has 0 aromatic rings. The molecule has 0 bridgehead atoms. The maximum absolute atomic E-state index is 6.44. The van der Waals surface area contributed by atoms with E-state index in [0.717, 1.165) is 25.0 Å². The fraction of sp³-hybridized carbons (Fsp3) is 0.778. The first kappa shape index (κ1) is 17.2. The van der Waals surface area contributed by atoms with E-state index in [1.807, 2.05) is 0 Å². The average Bonchev–Trinajstić information content (AvgIpc) is 2.82. The highest BCUT2D eigenvalue weighted by atomic mass is 28.4. The summed E-state index contributed by atoms with van der Waals surface area (Å²) in [4.78, 5) is 0. The van der Waals surface area contributed by atoms with Gasteiger partial charge in [-0.05, 0) is 56.6 Å². The third-order valence-electron chi connectivity index (χ3n) is 4.61. The first-order valence-electron chi connectivity index (χ1n) is 8.87. The molecule has 130 valence electrons. The van der Waals surface area contributed by atoms with Gasteiger partial charge in [-0.25, -0.2) is 0 Å². The number of methoxy groups -OCH3 is 1. The van der Waals surface area contributed by atoms with Crippen LogP contribution in [0.15, 0.2) is 23.5 Å². The number of allylic oxidation sites excluding steroid dienone is 1. The van der Waals surface area contributed by atoms with Crippen LogP contribution >= 0.6 is 0 Å². The molecule has 1 aliphatic heterocycles. The summed E-state index contributed by atoms with van der Waals surface area (Å²) in [6.45, 7) is 7.35. The minimum Gasteiger partial charge on any atom is -0.545 e. The lowest BCUT2D eigenvalue weighted by atomic mass is 9.94. The Labute approximate surface area is 141 Å². The molecule has 23 heavy (non-hydrogen) atoms. The van der Waals surface area contributed by atoms with Crippen LogP contribution in [-0.2, 0) is 18.6 Å². The van der Waals surface area contributed by atoms with Crippen LogP contribution in [0.25, 0.3) is 0 Å². The standard InChI is InChI=1S/C18H30O4Si/c1-19-11-8-14-12-15-17(16(13-14)22-23(2,3)4)21-18(20-15)9-6-5-7-10-18/h12-13,15,17H,5-11H2,1-4H3/t15-,17-/m0/s1. The Balaban J connectivity index is 1.81. The lowest BCUT2D eigenvalue weighted by Gasteiger charge is -2.32. The normalized spacial score (nSPS) is 29.9. The van der Waals surface area contributed by atoms with Gasteiger partial charge >= 0.3 is 0 Å². The third kappa shape index (κ3) is 4.08. The lowest BCUT2D eigenvalue weighted by molar-refractivity contribution is -0.190. The number of ether oxygens (including phenoxy) is 3. The largest absolute Gasteiger partial charge is 0.545 e. The second-order valence-corrected chi connectivity index (χ2v) is 12.3. The fourth-order valence-corrected chi connectivity index (χ4v) is 4.53. The smallest absolute Gasteiger partial charge is 0.241 e. The van der Waals surface area contributed by atoms with Crippen molar-refractivity contribution in [1.82, 2.24) is 0 Å². The fourth-order valence-electron chi connectivity index (χ4n) is 3.64. The maximum atomic E-state index is 6.44. The summed E-state index contributed by atoms with van der Waals surface area (Å²) < 4.78 is 24.4. The van der Waals surface area contributed by atoms with Crippen molar-refractivity contribution in [3.63, 3.8) is 0 Å². The van der Waals surface area contributed by atoms with Gasteiger partial charge in [0.15, 0.2) is 5.79 Å². The van der Waals surface area contributed by atoms with Gasteiger partial charge in [0.05, 0.1) is 6.61 Å². The SMILES string of the molecule is COCCC1=C[C@@H]2OC3(CCCCC3)O[C@@H]2C(O[Si](C)(C)C)=C1. The zero-order valence-electron chi connectivity index (χ0n) is 14.9. The predicted molar refractivity (Wildman–Crippen MR) is 92.7 cm³/mol. The molecule has 0 aromatic carbocycles. The van der Waals surface area contributed by atoms with Crippen molar-refractivity contribution in [1.29, 1.82) is 0 Å². The Morgan fingerprint density at radius 3 is 2.57 bits per heavy atom. The molecule has 4 nitrogen and oxygen atoms in total. The van der Waals surface area contributed by atoms with Crippen molar-refractivity contribution < 1.29 is 18.6 Å². The van der Waals surface area contributed by atoms with E-state index in [4.69, 9.17) is 18.6 Å². The summed E-state index contributed by atoms with van der Waals surface area (Å²) in [5.74, 6) is 0.577. The van der Waals surface area contributed by atoms with Gasteiger partial charge in [0.25, 0.3) is 0 Å². The second kappa shape index (κ2) is 6.71. The van der Waals surface area contributed by atoms with Crippen molar-refractivity contribution in [3.05, 3.63) is 23.5 Å². The van der Waals surface area contributed by atoms with Crippen LogP contribution in [0, 0.1) is 0 Å². The third-order valence-corrected chi connectivity index (χ3v) is 5.46. The quantitative estimate of drug-likeness (QED) is 0.706. The van der Waals surface area contributed by atoms with Crippen molar-refractivity contribution in [3.8, 4) is 0 Å². The van der Waals surface area contributed by atoms with Crippen LogP contribution in [0.3, 0.4) is 0 Å². The van der Waals surface area contributed by atoms with Gasteiger partial charge in [-0.3, -0.25) is 0 Å². The van der Waals surface area contributed by atoms with Gasteiger partial charge in [0, 0.05) is 20.0 Å². The van der Waals surface area contributed by atoms with Crippen molar-refractivity contribution in [2.24, 2.45) is 0 Å².